The van der Waals surface area contributed by atoms with Crippen LogP contribution in [0.5, 0.6) is 0 Å². The highest BCUT2D eigenvalue weighted by atomic mass is 79.9. The summed E-state index contributed by atoms with van der Waals surface area (Å²) in [4.78, 5) is 8.70. The fourth-order valence-electron chi connectivity index (χ4n) is 1.98. The zero-order valence-electron chi connectivity index (χ0n) is 11.9. The van der Waals surface area contributed by atoms with Gasteiger partial charge in [0.05, 0.1) is 0 Å². The van der Waals surface area contributed by atoms with E-state index in [2.05, 4.69) is 57.1 Å². The molecule has 108 valence electrons. The topological polar surface area (TPSA) is 63.8 Å². The van der Waals surface area contributed by atoms with Crippen LogP contribution < -0.4 is 5.32 Å². The van der Waals surface area contributed by atoms with E-state index < -0.39 is 0 Å². The Hall–Kier alpha value is -1.27. The Morgan fingerprint density at radius 2 is 2.20 bits per heavy atom. The molecular weight excluding hydrogens is 320 g/mol. The van der Waals surface area contributed by atoms with E-state index in [1.807, 2.05) is 12.1 Å². The molecule has 0 aliphatic carbocycles. The lowest BCUT2D eigenvalue weighted by atomic mass is 10.0. The van der Waals surface area contributed by atoms with E-state index in [0.717, 1.165) is 17.4 Å². The molecule has 2 aromatic rings. The van der Waals surface area contributed by atoms with Gasteiger partial charge in [0.1, 0.15) is 5.69 Å². The SMILES string of the molecule is CCNC(Cc1nc(-c2ncccc2Br)no1)C(C)C. The van der Waals surface area contributed by atoms with Crippen LogP contribution in [0.4, 0.5) is 0 Å². The molecule has 0 aliphatic heterocycles. The van der Waals surface area contributed by atoms with Gasteiger partial charge in [0.25, 0.3) is 0 Å². The standard InChI is InChI=1S/C14H19BrN4O/c1-4-16-11(9(2)3)8-12-18-14(19-20-12)13-10(15)6-5-7-17-13/h5-7,9,11,16H,4,8H2,1-3H3. The number of likely N-dealkylation sites (N-methyl/N-ethyl adjacent to an activating group) is 1. The number of hydrogen-bond acceptors (Lipinski definition) is 5. The molecule has 0 aliphatic rings. The van der Waals surface area contributed by atoms with Crippen LogP contribution >= 0.6 is 15.9 Å². The molecule has 1 atom stereocenters. The van der Waals surface area contributed by atoms with Gasteiger partial charge < -0.3 is 9.84 Å². The van der Waals surface area contributed by atoms with Crippen molar-refractivity contribution in [1.29, 1.82) is 0 Å². The quantitative estimate of drug-likeness (QED) is 0.876. The number of nitrogens with one attached hydrogen (secondary N) is 1. The number of halogens is 1. The second kappa shape index (κ2) is 6.95. The molecule has 0 saturated carbocycles. The predicted octanol–water partition coefficient (Wildman–Crippen LogP) is 3.07. The summed E-state index contributed by atoms with van der Waals surface area (Å²) < 4.78 is 6.20. The van der Waals surface area contributed by atoms with Gasteiger partial charge in [-0.15, -0.1) is 0 Å². The third kappa shape index (κ3) is 3.64. The summed E-state index contributed by atoms with van der Waals surface area (Å²) in [6.45, 7) is 7.38. The van der Waals surface area contributed by atoms with Gasteiger partial charge in [-0.3, -0.25) is 4.98 Å². The van der Waals surface area contributed by atoms with Crippen molar-refractivity contribution in [2.24, 2.45) is 5.92 Å². The lowest BCUT2D eigenvalue weighted by molar-refractivity contribution is 0.329. The van der Waals surface area contributed by atoms with E-state index >= 15 is 0 Å². The van der Waals surface area contributed by atoms with Crippen LogP contribution in [0, 0.1) is 5.92 Å². The van der Waals surface area contributed by atoms with Crippen molar-refractivity contribution in [3.63, 3.8) is 0 Å². The van der Waals surface area contributed by atoms with Gasteiger partial charge in [-0.25, -0.2) is 0 Å². The summed E-state index contributed by atoms with van der Waals surface area (Å²) >= 11 is 3.44. The Kier molecular flexibility index (Phi) is 5.25. The molecule has 0 saturated heterocycles. The number of nitrogens with zero attached hydrogens (tertiary/aromatic N) is 3. The van der Waals surface area contributed by atoms with Crippen LogP contribution in [0.25, 0.3) is 11.5 Å². The highest BCUT2D eigenvalue weighted by Crippen LogP contribution is 2.23. The molecule has 2 rings (SSSR count). The highest BCUT2D eigenvalue weighted by Gasteiger charge is 2.18. The van der Waals surface area contributed by atoms with Gasteiger partial charge in [0.2, 0.25) is 11.7 Å². The first-order chi connectivity index (χ1) is 9.61. The Labute approximate surface area is 127 Å². The normalized spacial score (nSPS) is 12.8. The van der Waals surface area contributed by atoms with E-state index in [-0.39, 0.29) is 0 Å². The minimum atomic E-state index is 0.334. The van der Waals surface area contributed by atoms with Crippen LogP contribution in [-0.4, -0.2) is 27.7 Å². The minimum absolute atomic E-state index is 0.334. The number of aromatic nitrogens is 3. The summed E-state index contributed by atoms with van der Waals surface area (Å²) in [5, 5.41) is 7.45. The summed E-state index contributed by atoms with van der Waals surface area (Å²) in [6.07, 6.45) is 2.44. The maximum absolute atomic E-state index is 5.34. The largest absolute Gasteiger partial charge is 0.339 e. The van der Waals surface area contributed by atoms with Crippen LogP contribution in [0.15, 0.2) is 27.3 Å². The second-order valence-corrected chi connectivity index (χ2v) is 5.81. The summed E-state index contributed by atoms with van der Waals surface area (Å²) in [7, 11) is 0. The first kappa shape index (κ1) is 15.1. The molecule has 0 radical (unpaired) electrons. The fraction of sp³-hybridized carbons (Fsp3) is 0.500. The fourth-order valence-corrected chi connectivity index (χ4v) is 2.41. The Morgan fingerprint density at radius 3 is 2.85 bits per heavy atom. The van der Waals surface area contributed by atoms with E-state index in [1.165, 1.54) is 0 Å². The second-order valence-electron chi connectivity index (χ2n) is 4.96. The zero-order valence-corrected chi connectivity index (χ0v) is 13.5. The molecule has 5 nitrogen and oxygen atoms in total. The molecule has 0 aromatic carbocycles. The van der Waals surface area contributed by atoms with Crippen LogP contribution in [0.1, 0.15) is 26.7 Å². The predicted molar refractivity (Wildman–Crippen MR) is 81.2 cm³/mol. The van der Waals surface area contributed by atoms with Crippen molar-refractivity contribution in [1.82, 2.24) is 20.4 Å². The Morgan fingerprint density at radius 1 is 1.40 bits per heavy atom. The van der Waals surface area contributed by atoms with Crippen LogP contribution in [0.2, 0.25) is 0 Å². The maximum Gasteiger partial charge on any atom is 0.228 e. The molecule has 0 fully saturated rings. The number of hydrogen-bond donors (Lipinski definition) is 1. The minimum Gasteiger partial charge on any atom is -0.339 e. The molecule has 1 unspecified atom stereocenters. The Balaban J connectivity index is 2.15. The van der Waals surface area contributed by atoms with Crippen molar-refractivity contribution in [2.75, 3.05) is 6.54 Å². The van der Waals surface area contributed by atoms with Crippen LogP contribution in [-0.2, 0) is 6.42 Å². The average molecular weight is 339 g/mol. The van der Waals surface area contributed by atoms with Crippen molar-refractivity contribution in [3.05, 3.63) is 28.7 Å². The van der Waals surface area contributed by atoms with E-state index in [4.69, 9.17) is 4.52 Å². The zero-order chi connectivity index (χ0) is 14.5. The molecule has 0 bridgehead atoms. The van der Waals surface area contributed by atoms with Crippen molar-refractivity contribution < 1.29 is 4.52 Å². The molecule has 0 spiro atoms. The van der Waals surface area contributed by atoms with E-state index in [1.54, 1.807) is 6.20 Å². The van der Waals surface area contributed by atoms with Gasteiger partial charge in [-0.2, -0.15) is 4.98 Å². The molecule has 0 amide bonds. The Bertz CT molecular complexity index is 556. The van der Waals surface area contributed by atoms with Crippen molar-refractivity contribution in [2.45, 2.75) is 33.2 Å². The van der Waals surface area contributed by atoms with Gasteiger partial charge in [-0.05, 0) is 40.5 Å². The summed E-state index contributed by atoms with van der Waals surface area (Å²) in [5.74, 6) is 1.66. The molecule has 20 heavy (non-hydrogen) atoms. The van der Waals surface area contributed by atoms with Gasteiger partial charge >= 0.3 is 0 Å². The van der Waals surface area contributed by atoms with Crippen LogP contribution in [0.3, 0.4) is 0 Å². The molecule has 2 heterocycles. The maximum atomic E-state index is 5.34. The molecule has 2 aromatic heterocycles. The third-order valence-electron chi connectivity index (χ3n) is 3.10. The number of rotatable bonds is 6. The summed E-state index contributed by atoms with van der Waals surface area (Å²) in [6, 6.07) is 4.10. The first-order valence-electron chi connectivity index (χ1n) is 6.78. The van der Waals surface area contributed by atoms with Gasteiger partial charge in [0, 0.05) is 23.1 Å². The first-order valence-corrected chi connectivity index (χ1v) is 7.58. The molecule has 1 N–H and O–H groups in total. The monoisotopic (exact) mass is 338 g/mol. The number of pyridine rings is 1. The average Bonchev–Trinajstić information content (AvgIpc) is 2.87. The molecule has 6 heteroatoms. The van der Waals surface area contributed by atoms with E-state index in [9.17, 15) is 0 Å². The van der Waals surface area contributed by atoms with Gasteiger partial charge in [-0.1, -0.05) is 25.9 Å². The highest BCUT2D eigenvalue weighted by molar-refractivity contribution is 9.10. The van der Waals surface area contributed by atoms with Crippen molar-refractivity contribution in [3.8, 4) is 11.5 Å². The lowest BCUT2D eigenvalue weighted by Crippen LogP contribution is -2.35. The summed E-state index contributed by atoms with van der Waals surface area (Å²) in [5.41, 5.74) is 0.701. The van der Waals surface area contributed by atoms with E-state index in [0.29, 0.717) is 29.4 Å². The van der Waals surface area contributed by atoms with Gasteiger partial charge in [0.15, 0.2) is 0 Å². The lowest BCUT2D eigenvalue weighted by Gasteiger charge is -2.19. The third-order valence-corrected chi connectivity index (χ3v) is 3.74. The smallest absolute Gasteiger partial charge is 0.228 e. The van der Waals surface area contributed by atoms with Crippen molar-refractivity contribution >= 4 is 15.9 Å². The molecular formula is C14H19BrN4O.